The average Bonchev–Trinajstić information content (AvgIpc) is 2.17. The highest BCUT2D eigenvalue weighted by molar-refractivity contribution is 5.83. The largest absolute Gasteiger partial charge is 0.381 e. The minimum atomic E-state index is -0.00306. The Morgan fingerprint density at radius 3 is 3.00 bits per heavy atom. The van der Waals surface area contributed by atoms with Crippen molar-refractivity contribution >= 4 is 5.78 Å². The van der Waals surface area contributed by atoms with E-state index < -0.39 is 0 Å². The van der Waals surface area contributed by atoms with Gasteiger partial charge in [0.15, 0.2) is 0 Å². The molecule has 1 saturated heterocycles. The summed E-state index contributed by atoms with van der Waals surface area (Å²) in [5, 5.41) is 0. The molecular weight excluding hydrogens is 154 g/mol. The Bertz CT molecular complexity index is 153. The Labute approximate surface area is 73.3 Å². The normalized spacial score (nSPS) is 26.7. The minimum Gasteiger partial charge on any atom is -0.381 e. The van der Waals surface area contributed by atoms with E-state index in [1.165, 1.54) is 0 Å². The number of rotatable bonds is 3. The molecule has 0 bridgehead atoms. The van der Waals surface area contributed by atoms with Crippen molar-refractivity contribution in [3.05, 3.63) is 0 Å². The van der Waals surface area contributed by atoms with Crippen LogP contribution in [-0.4, -0.2) is 25.5 Å². The lowest BCUT2D eigenvalue weighted by atomic mass is 9.90. The number of Topliss-reactive ketones (excluding diaryl/α,β-unsaturated/α-hetero) is 1. The lowest BCUT2D eigenvalue weighted by molar-refractivity contribution is -0.130. The summed E-state index contributed by atoms with van der Waals surface area (Å²) in [7, 11) is 0. The Morgan fingerprint density at radius 1 is 1.75 bits per heavy atom. The van der Waals surface area contributed by atoms with Crippen molar-refractivity contribution in [3.63, 3.8) is 0 Å². The SMILES string of the molecule is CC(CN)C(=O)C1CCCOC1. The smallest absolute Gasteiger partial charge is 0.142 e. The van der Waals surface area contributed by atoms with Gasteiger partial charge in [-0.05, 0) is 12.8 Å². The molecule has 0 aliphatic carbocycles. The van der Waals surface area contributed by atoms with E-state index in [4.69, 9.17) is 10.5 Å². The molecule has 2 unspecified atom stereocenters. The van der Waals surface area contributed by atoms with Crippen LogP contribution in [0.2, 0.25) is 0 Å². The fourth-order valence-corrected chi connectivity index (χ4v) is 1.48. The van der Waals surface area contributed by atoms with Crippen molar-refractivity contribution in [3.8, 4) is 0 Å². The summed E-state index contributed by atoms with van der Waals surface area (Å²) in [5.41, 5.74) is 5.42. The van der Waals surface area contributed by atoms with Crippen LogP contribution in [0.25, 0.3) is 0 Å². The predicted octanol–water partition coefficient (Wildman–Crippen LogP) is 0.577. The molecule has 1 heterocycles. The minimum absolute atomic E-state index is 0.00306. The highest BCUT2D eigenvalue weighted by Crippen LogP contribution is 2.17. The summed E-state index contributed by atoms with van der Waals surface area (Å²) in [6, 6.07) is 0. The van der Waals surface area contributed by atoms with Gasteiger partial charge >= 0.3 is 0 Å². The van der Waals surface area contributed by atoms with Gasteiger partial charge in [0.05, 0.1) is 6.61 Å². The number of ether oxygens (including phenoxy) is 1. The zero-order chi connectivity index (χ0) is 8.97. The average molecular weight is 171 g/mol. The first kappa shape index (κ1) is 9.68. The van der Waals surface area contributed by atoms with E-state index in [1.807, 2.05) is 6.92 Å². The van der Waals surface area contributed by atoms with Crippen molar-refractivity contribution in [1.82, 2.24) is 0 Å². The van der Waals surface area contributed by atoms with Crippen LogP contribution in [0, 0.1) is 11.8 Å². The molecule has 3 heteroatoms. The first-order valence-electron chi connectivity index (χ1n) is 4.57. The second-order valence-corrected chi connectivity index (χ2v) is 3.45. The van der Waals surface area contributed by atoms with E-state index in [-0.39, 0.29) is 17.6 Å². The quantitative estimate of drug-likeness (QED) is 0.675. The monoisotopic (exact) mass is 171 g/mol. The van der Waals surface area contributed by atoms with Crippen LogP contribution >= 0.6 is 0 Å². The molecule has 0 saturated carbocycles. The van der Waals surface area contributed by atoms with Crippen molar-refractivity contribution in [2.24, 2.45) is 17.6 Å². The summed E-state index contributed by atoms with van der Waals surface area (Å²) < 4.78 is 5.24. The second-order valence-electron chi connectivity index (χ2n) is 3.45. The lowest BCUT2D eigenvalue weighted by Crippen LogP contribution is -2.32. The third-order valence-corrected chi connectivity index (χ3v) is 2.40. The molecule has 1 aliphatic heterocycles. The third kappa shape index (κ3) is 2.29. The number of hydrogen-bond donors (Lipinski definition) is 1. The van der Waals surface area contributed by atoms with Gasteiger partial charge < -0.3 is 10.5 Å². The molecule has 1 rings (SSSR count). The predicted molar refractivity (Wildman–Crippen MR) is 46.8 cm³/mol. The van der Waals surface area contributed by atoms with Gasteiger partial charge in [-0.3, -0.25) is 4.79 Å². The molecule has 3 nitrogen and oxygen atoms in total. The van der Waals surface area contributed by atoms with Crippen LogP contribution in [0.4, 0.5) is 0 Å². The van der Waals surface area contributed by atoms with E-state index in [0.29, 0.717) is 13.2 Å². The van der Waals surface area contributed by atoms with Gasteiger partial charge in [-0.1, -0.05) is 6.92 Å². The summed E-state index contributed by atoms with van der Waals surface area (Å²) in [4.78, 5) is 11.6. The third-order valence-electron chi connectivity index (χ3n) is 2.40. The molecule has 1 fully saturated rings. The van der Waals surface area contributed by atoms with Crippen molar-refractivity contribution < 1.29 is 9.53 Å². The van der Waals surface area contributed by atoms with Crippen LogP contribution in [0.1, 0.15) is 19.8 Å². The van der Waals surface area contributed by atoms with E-state index in [9.17, 15) is 4.79 Å². The molecule has 0 aromatic heterocycles. The molecule has 0 amide bonds. The number of hydrogen-bond acceptors (Lipinski definition) is 3. The standard InChI is InChI=1S/C9H17NO2/c1-7(5-10)9(11)8-3-2-4-12-6-8/h7-8H,2-6,10H2,1H3. The molecular formula is C9H17NO2. The van der Waals surface area contributed by atoms with Crippen LogP contribution in [0.15, 0.2) is 0 Å². The number of ketones is 1. The maximum atomic E-state index is 11.6. The zero-order valence-corrected chi connectivity index (χ0v) is 7.58. The van der Waals surface area contributed by atoms with Crippen molar-refractivity contribution in [2.75, 3.05) is 19.8 Å². The molecule has 2 atom stereocenters. The summed E-state index contributed by atoms with van der Waals surface area (Å²) in [6.07, 6.45) is 1.98. The highest BCUT2D eigenvalue weighted by Gasteiger charge is 2.24. The highest BCUT2D eigenvalue weighted by atomic mass is 16.5. The van der Waals surface area contributed by atoms with E-state index in [1.54, 1.807) is 0 Å². The van der Waals surface area contributed by atoms with Gasteiger partial charge in [0, 0.05) is 25.0 Å². The van der Waals surface area contributed by atoms with Gasteiger partial charge in [-0.15, -0.1) is 0 Å². The number of nitrogens with two attached hydrogens (primary N) is 1. The van der Waals surface area contributed by atoms with Gasteiger partial charge in [0.25, 0.3) is 0 Å². The van der Waals surface area contributed by atoms with Gasteiger partial charge in [0.2, 0.25) is 0 Å². The van der Waals surface area contributed by atoms with Crippen LogP contribution in [0.5, 0.6) is 0 Å². The molecule has 1 aliphatic rings. The van der Waals surface area contributed by atoms with Crippen LogP contribution in [-0.2, 0) is 9.53 Å². The summed E-state index contributed by atoms with van der Waals surface area (Å²) in [6.45, 7) is 3.75. The fraction of sp³-hybridized carbons (Fsp3) is 0.889. The Morgan fingerprint density at radius 2 is 2.50 bits per heavy atom. The zero-order valence-electron chi connectivity index (χ0n) is 7.58. The first-order valence-corrected chi connectivity index (χ1v) is 4.57. The fourth-order valence-electron chi connectivity index (χ4n) is 1.48. The molecule has 12 heavy (non-hydrogen) atoms. The van der Waals surface area contributed by atoms with E-state index in [2.05, 4.69) is 0 Å². The molecule has 0 radical (unpaired) electrons. The molecule has 0 spiro atoms. The Kier molecular flexibility index (Phi) is 3.69. The van der Waals surface area contributed by atoms with Gasteiger partial charge in [-0.25, -0.2) is 0 Å². The Hall–Kier alpha value is -0.410. The maximum Gasteiger partial charge on any atom is 0.142 e. The second kappa shape index (κ2) is 4.58. The van der Waals surface area contributed by atoms with E-state index >= 15 is 0 Å². The maximum absolute atomic E-state index is 11.6. The molecule has 0 aromatic carbocycles. The van der Waals surface area contributed by atoms with Crippen LogP contribution in [0.3, 0.4) is 0 Å². The number of carbonyl (C=O) groups excluding carboxylic acids is 1. The van der Waals surface area contributed by atoms with Gasteiger partial charge in [-0.2, -0.15) is 0 Å². The van der Waals surface area contributed by atoms with Gasteiger partial charge in [0.1, 0.15) is 5.78 Å². The summed E-state index contributed by atoms with van der Waals surface area (Å²) in [5.74, 6) is 0.381. The molecule has 0 aromatic rings. The molecule has 2 N–H and O–H groups in total. The van der Waals surface area contributed by atoms with Crippen molar-refractivity contribution in [2.45, 2.75) is 19.8 Å². The summed E-state index contributed by atoms with van der Waals surface area (Å²) >= 11 is 0. The van der Waals surface area contributed by atoms with Crippen molar-refractivity contribution in [1.29, 1.82) is 0 Å². The topological polar surface area (TPSA) is 52.3 Å². The molecule has 70 valence electrons. The van der Waals surface area contributed by atoms with E-state index in [0.717, 1.165) is 19.4 Å². The first-order chi connectivity index (χ1) is 5.75. The van der Waals surface area contributed by atoms with Crippen LogP contribution < -0.4 is 5.73 Å². The number of carbonyl (C=O) groups is 1. The Balaban J connectivity index is 2.39. The lowest BCUT2D eigenvalue weighted by Gasteiger charge is -2.22.